The lowest BCUT2D eigenvalue weighted by molar-refractivity contribution is 0.682. The van der Waals surface area contributed by atoms with E-state index in [1.165, 1.54) is 5.03 Å². The number of fused-ring (bicyclic) bond motifs is 1. The Kier molecular flexibility index (Phi) is 1.51. The number of nitrogens with zero attached hydrogens (tertiary/aromatic N) is 1. The summed E-state index contributed by atoms with van der Waals surface area (Å²) in [5.74, 6) is 0. The van der Waals surface area contributed by atoms with Crippen LogP contribution in [0.1, 0.15) is 0 Å². The molecule has 0 radical (unpaired) electrons. The molecule has 0 aliphatic carbocycles. The summed E-state index contributed by atoms with van der Waals surface area (Å²) in [6.45, 7) is 0. The summed E-state index contributed by atoms with van der Waals surface area (Å²) in [6.07, 6.45) is 9.80. The van der Waals surface area contributed by atoms with Crippen LogP contribution in [0.5, 0.6) is 0 Å². The Labute approximate surface area is 69.7 Å². The first-order chi connectivity index (χ1) is 5.36. The predicted octanol–water partition coefficient (Wildman–Crippen LogP) is 1.72. The van der Waals surface area contributed by atoms with E-state index in [-0.39, 0.29) is 0 Å². The first-order valence-corrected chi connectivity index (χ1v) is 4.21. The first kappa shape index (κ1) is 6.61. The molecule has 0 atom stereocenters. The summed E-state index contributed by atoms with van der Waals surface area (Å²) in [6, 6.07) is 0. The molecule has 0 aromatic rings. The molecule has 2 heterocycles. The van der Waals surface area contributed by atoms with Gasteiger partial charge in [0.15, 0.2) is 0 Å². The standard InChI is InChI=1S/C8H8N2S/c9-7-2-1-3-8-10(6-7)4-5-11-8/h1-6H,9H2. The third-order valence-corrected chi connectivity index (χ3v) is 2.33. The Morgan fingerprint density at radius 2 is 2.36 bits per heavy atom. The normalized spacial score (nSPS) is 20.9. The van der Waals surface area contributed by atoms with Crippen LogP contribution in [0.3, 0.4) is 0 Å². The molecule has 0 fully saturated rings. The summed E-state index contributed by atoms with van der Waals surface area (Å²) in [4.78, 5) is 2.01. The minimum absolute atomic E-state index is 0.781. The minimum atomic E-state index is 0.781. The van der Waals surface area contributed by atoms with Crippen molar-refractivity contribution >= 4 is 11.8 Å². The molecule has 2 aliphatic heterocycles. The lowest BCUT2D eigenvalue weighted by Gasteiger charge is -2.09. The summed E-state index contributed by atoms with van der Waals surface area (Å²) in [5.41, 5.74) is 6.43. The molecular formula is C8H8N2S. The van der Waals surface area contributed by atoms with Crippen molar-refractivity contribution in [1.29, 1.82) is 0 Å². The molecule has 2 aliphatic rings. The summed E-state index contributed by atoms with van der Waals surface area (Å²) in [7, 11) is 0. The zero-order chi connectivity index (χ0) is 7.68. The lowest BCUT2D eigenvalue weighted by atomic mass is 10.4. The Morgan fingerprint density at radius 1 is 1.45 bits per heavy atom. The van der Waals surface area contributed by atoms with Crippen LogP contribution in [0.15, 0.2) is 46.8 Å². The van der Waals surface area contributed by atoms with Gasteiger partial charge >= 0.3 is 0 Å². The van der Waals surface area contributed by atoms with E-state index in [2.05, 4.69) is 0 Å². The van der Waals surface area contributed by atoms with Crippen molar-refractivity contribution in [2.24, 2.45) is 5.73 Å². The van der Waals surface area contributed by atoms with Crippen molar-refractivity contribution in [1.82, 2.24) is 4.90 Å². The molecule has 0 amide bonds. The van der Waals surface area contributed by atoms with Gasteiger partial charge in [0.25, 0.3) is 0 Å². The number of thioether (sulfide) groups is 1. The smallest absolute Gasteiger partial charge is 0.0832 e. The van der Waals surface area contributed by atoms with Crippen LogP contribution in [0, 0.1) is 0 Å². The fourth-order valence-corrected chi connectivity index (χ4v) is 1.70. The average molecular weight is 164 g/mol. The van der Waals surface area contributed by atoms with E-state index in [4.69, 9.17) is 5.73 Å². The number of rotatable bonds is 0. The molecule has 2 rings (SSSR count). The highest BCUT2D eigenvalue weighted by atomic mass is 32.2. The minimum Gasteiger partial charge on any atom is -0.398 e. The van der Waals surface area contributed by atoms with Crippen LogP contribution in [-0.2, 0) is 0 Å². The van der Waals surface area contributed by atoms with Crippen molar-refractivity contribution in [3.05, 3.63) is 46.8 Å². The van der Waals surface area contributed by atoms with Gasteiger partial charge in [0, 0.05) is 18.1 Å². The summed E-state index contributed by atoms with van der Waals surface area (Å²) >= 11 is 1.70. The SMILES string of the molecule is NC1=CN2C=CSC2=CC=C1. The fraction of sp³-hybridized carbons (Fsp3) is 0. The summed E-state index contributed by atoms with van der Waals surface area (Å²) in [5, 5.41) is 3.23. The first-order valence-electron chi connectivity index (χ1n) is 3.33. The van der Waals surface area contributed by atoms with Crippen LogP contribution in [-0.4, -0.2) is 4.90 Å². The molecule has 11 heavy (non-hydrogen) atoms. The van der Waals surface area contributed by atoms with Gasteiger partial charge in [-0.25, -0.2) is 0 Å². The number of hydrogen-bond donors (Lipinski definition) is 1. The molecule has 2 N–H and O–H groups in total. The van der Waals surface area contributed by atoms with Gasteiger partial charge in [-0.15, -0.1) is 0 Å². The Bertz CT molecular complexity index is 286. The van der Waals surface area contributed by atoms with Gasteiger partial charge in [-0.3, -0.25) is 0 Å². The highest BCUT2D eigenvalue weighted by Gasteiger charge is 2.10. The third-order valence-electron chi connectivity index (χ3n) is 1.48. The predicted molar refractivity (Wildman–Crippen MR) is 48.1 cm³/mol. The van der Waals surface area contributed by atoms with Gasteiger partial charge < -0.3 is 10.6 Å². The number of hydrogen-bond acceptors (Lipinski definition) is 3. The van der Waals surface area contributed by atoms with Crippen molar-refractivity contribution in [3.63, 3.8) is 0 Å². The van der Waals surface area contributed by atoms with E-state index in [1.54, 1.807) is 11.8 Å². The molecular weight excluding hydrogens is 156 g/mol. The monoisotopic (exact) mass is 164 g/mol. The second-order valence-corrected chi connectivity index (χ2v) is 3.23. The van der Waals surface area contributed by atoms with E-state index >= 15 is 0 Å². The van der Waals surface area contributed by atoms with Gasteiger partial charge in [0.05, 0.1) is 5.03 Å². The van der Waals surface area contributed by atoms with Crippen molar-refractivity contribution in [2.45, 2.75) is 0 Å². The van der Waals surface area contributed by atoms with Crippen molar-refractivity contribution < 1.29 is 0 Å². The van der Waals surface area contributed by atoms with Gasteiger partial charge in [0.1, 0.15) is 0 Å². The molecule has 0 saturated heterocycles. The molecule has 56 valence electrons. The topological polar surface area (TPSA) is 29.3 Å². The Balaban J connectivity index is 2.37. The maximum Gasteiger partial charge on any atom is 0.0832 e. The molecule has 0 unspecified atom stereocenters. The van der Waals surface area contributed by atoms with Gasteiger partial charge in [-0.1, -0.05) is 17.8 Å². The Morgan fingerprint density at radius 3 is 3.27 bits per heavy atom. The van der Waals surface area contributed by atoms with Gasteiger partial charge in [-0.05, 0) is 17.6 Å². The average Bonchev–Trinajstić information content (AvgIpc) is 2.31. The van der Waals surface area contributed by atoms with E-state index in [0.717, 1.165) is 5.70 Å². The second-order valence-electron chi connectivity index (χ2n) is 2.30. The van der Waals surface area contributed by atoms with E-state index in [9.17, 15) is 0 Å². The maximum absolute atomic E-state index is 5.65. The van der Waals surface area contributed by atoms with Crippen LogP contribution in [0.25, 0.3) is 0 Å². The summed E-state index contributed by atoms with van der Waals surface area (Å²) < 4.78 is 0. The molecule has 0 saturated carbocycles. The van der Waals surface area contributed by atoms with E-state index in [0.29, 0.717) is 0 Å². The highest BCUT2D eigenvalue weighted by molar-refractivity contribution is 8.06. The van der Waals surface area contributed by atoms with Gasteiger partial charge in [-0.2, -0.15) is 0 Å². The third kappa shape index (κ3) is 1.19. The zero-order valence-corrected chi connectivity index (χ0v) is 6.71. The fourth-order valence-electron chi connectivity index (χ4n) is 0.977. The van der Waals surface area contributed by atoms with Crippen LogP contribution >= 0.6 is 11.8 Å². The molecule has 3 heteroatoms. The molecule has 0 bridgehead atoms. The van der Waals surface area contributed by atoms with Crippen LogP contribution < -0.4 is 5.73 Å². The zero-order valence-electron chi connectivity index (χ0n) is 5.90. The maximum atomic E-state index is 5.65. The van der Waals surface area contributed by atoms with Crippen molar-refractivity contribution in [3.8, 4) is 0 Å². The van der Waals surface area contributed by atoms with Crippen LogP contribution in [0.2, 0.25) is 0 Å². The van der Waals surface area contributed by atoms with E-state index in [1.807, 2.05) is 40.9 Å². The molecule has 0 aromatic heterocycles. The quantitative estimate of drug-likeness (QED) is 0.591. The molecule has 2 nitrogen and oxygen atoms in total. The molecule has 0 spiro atoms. The van der Waals surface area contributed by atoms with Crippen molar-refractivity contribution in [2.75, 3.05) is 0 Å². The Hall–Kier alpha value is -1.09. The highest BCUT2D eigenvalue weighted by Crippen LogP contribution is 2.30. The number of nitrogens with two attached hydrogens (primary N) is 1. The number of allylic oxidation sites excluding steroid dienone is 3. The van der Waals surface area contributed by atoms with Gasteiger partial charge in [0.2, 0.25) is 0 Å². The van der Waals surface area contributed by atoms with Crippen LogP contribution in [0.4, 0.5) is 0 Å². The van der Waals surface area contributed by atoms with E-state index < -0.39 is 0 Å². The largest absolute Gasteiger partial charge is 0.398 e. The molecule has 0 aromatic carbocycles. The lowest BCUT2D eigenvalue weighted by Crippen LogP contribution is -2.04. The second kappa shape index (κ2) is 2.51.